The summed E-state index contributed by atoms with van der Waals surface area (Å²) < 4.78 is 5.07. The Morgan fingerprint density at radius 1 is 1.29 bits per heavy atom. The number of carbonyl (C=O) groups excluding carboxylic acids is 1. The molecule has 0 unspecified atom stereocenters. The maximum absolute atomic E-state index is 11.9. The highest BCUT2D eigenvalue weighted by Crippen LogP contribution is 2.41. The monoisotopic (exact) mass is 345 g/mol. The number of hydrogen-bond donors (Lipinski definition) is 0. The topological polar surface area (TPSA) is 55.3 Å². The molecule has 1 saturated carbocycles. The number of carbonyl (C=O) groups is 1. The van der Waals surface area contributed by atoms with Gasteiger partial charge >= 0.3 is 5.97 Å². The van der Waals surface area contributed by atoms with E-state index < -0.39 is 0 Å². The standard InChI is InChI=1S/C18H23N3O2S/c1-3-23-15(22)10-14-19-17(21(2)11-8-9-11)16-12-6-4-5-7-13(12)24-18(16)20-14/h11H,3-10H2,1-2H3. The highest BCUT2D eigenvalue weighted by molar-refractivity contribution is 7.19. The molecule has 0 radical (unpaired) electrons. The van der Waals surface area contributed by atoms with Crippen molar-refractivity contribution in [2.24, 2.45) is 0 Å². The van der Waals surface area contributed by atoms with E-state index in [9.17, 15) is 4.79 Å². The Kier molecular flexibility index (Phi) is 4.16. The quantitative estimate of drug-likeness (QED) is 0.779. The third kappa shape index (κ3) is 2.88. The fourth-order valence-corrected chi connectivity index (χ4v) is 4.77. The predicted molar refractivity (Wildman–Crippen MR) is 95.8 cm³/mol. The molecular formula is C18H23N3O2S. The summed E-state index contributed by atoms with van der Waals surface area (Å²) in [5.74, 6) is 1.35. The average molecular weight is 345 g/mol. The number of fused-ring (bicyclic) bond motifs is 3. The van der Waals surface area contributed by atoms with Gasteiger partial charge in [-0.25, -0.2) is 9.97 Å². The Labute approximate surface area is 146 Å². The van der Waals surface area contributed by atoms with Gasteiger partial charge in [-0.3, -0.25) is 4.79 Å². The van der Waals surface area contributed by atoms with E-state index in [1.807, 2.05) is 6.92 Å². The van der Waals surface area contributed by atoms with Gasteiger partial charge in [0.2, 0.25) is 0 Å². The summed E-state index contributed by atoms with van der Waals surface area (Å²) in [6, 6.07) is 0.581. The van der Waals surface area contributed by atoms with Gasteiger partial charge in [-0.15, -0.1) is 11.3 Å². The number of anilines is 1. The third-order valence-corrected chi connectivity index (χ3v) is 6.06. The van der Waals surface area contributed by atoms with Crippen molar-refractivity contribution in [1.29, 1.82) is 0 Å². The van der Waals surface area contributed by atoms with Crippen LogP contribution >= 0.6 is 11.3 Å². The summed E-state index contributed by atoms with van der Waals surface area (Å²) in [5, 5.41) is 1.23. The zero-order valence-electron chi connectivity index (χ0n) is 14.3. The van der Waals surface area contributed by atoms with Crippen LogP contribution in [-0.4, -0.2) is 35.6 Å². The van der Waals surface area contributed by atoms with Crippen LogP contribution in [0.4, 0.5) is 5.82 Å². The van der Waals surface area contributed by atoms with Gasteiger partial charge in [0.15, 0.2) is 0 Å². The van der Waals surface area contributed by atoms with Crippen LogP contribution in [0, 0.1) is 0 Å². The first-order valence-electron chi connectivity index (χ1n) is 8.87. The molecule has 2 aliphatic rings. The Bertz CT molecular complexity index is 782. The molecule has 0 saturated heterocycles. The highest BCUT2D eigenvalue weighted by atomic mass is 32.1. The van der Waals surface area contributed by atoms with Crippen LogP contribution in [0.15, 0.2) is 0 Å². The van der Waals surface area contributed by atoms with Crippen LogP contribution < -0.4 is 4.90 Å². The maximum atomic E-state index is 11.9. The molecule has 0 aliphatic heterocycles. The van der Waals surface area contributed by atoms with E-state index in [4.69, 9.17) is 14.7 Å². The summed E-state index contributed by atoms with van der Waals surface area (Å²) in [6.07, 6.45) is 7.38. The van der Waals surface area contributed by atoms with Gasteiger partial charge in [-0.1, -0.05) is 0 Å². The summed E-state index contributed by atoms with van der Waals surface area (Å²) in [7, 11) is 2.13. The second-order valence-corrected chi connectivity index (χ2v) is 7.76. The second kappa shape index (κ2) is 6.31. The first-order valence-corrected chi connectivity index (χ1v) is 9.68. The number of nitrogens with zero attached hydrogens (tertiary/aromatic N) is 3. The molecule has 0 aromatic carbocycles. The molecule has 2 aromatic rings. The Morgan fingerprint density at radius 3 is 2.83 bits per heavy atom. The first kappa shape index (κ1) is 15.8. The Balaban J connectivity index is 1.80. The van der Waals surface area contributed by atoms with E-state index >= 15 is 0 Å². The summed E-state index contributed by atoms with van der Waals surface area (Å²) in [4.78, 5) is 26.1. The number of aryl methyl sites for hydroxylation is 2. The maximum Gasteiger partial charge on any atom is 0.313 e. The highest BCUT2D eigenvalue weighted by Gasteiger charge is 2.31. The predicted octanol–water partition coefficient (Wildman–Crippen LogP) is 3.27. The van der Waals surface area contributed by atoms with Crippen LogP contribution in [-0.2, 0) is 28.8 Å². The lowest BCUT2D eigenvalue weighted by molar-refractivity contribution is -0.142. The molecule has 0 bridgehead atoms. The Morgan fingerprint density at radius 2 is 2.08 bits per heavy atom. The third-order valence-electron chi connectivity index (χ3n) is 4.88. The van der Waals surface area contributed by atoms with Crippen molar-refractivity contribution in [3.05, 3.63) is 16.3 Å². The van der Waals surface area contributed by atoms with E-state index in [-0.39, 0.29) is 12.4 Å². The first-order chi connectivity index (χ1) is 11.7. The lowest BCUT2D eigenvalue weighted by Gasteiger charge is -2.20. The van der Waals surface area contributed by atoms with E-state index in [1.54, 1.807) is 11.3 Å². The molecular weight excluding hydrogens is 322 g/mol. The van der Waals surface area contributed by atoms with Gasteiger partial charge < -0.3 is 9.64 Å². The smallest absolute Gasteiger partial charge is 0.313 e. The van der Waals surface area contributed by atoms with Crippen molar-refractivity contribution >= 4 is 33.3 Å². The van der Waals surface area contributed by atoms with Crippen LogP contribution in [0.5, 0.6) is 0 Å². The van der Waals surface area contributed by atoms with Crippen LogP contribution in [0.25, 0.3) is 10.2 Å². The van der Waals surface area contributed by atoms with Gasteiger partial charge in [-0.2, -0.15) is 0 Å². The SMILES string of the molecule is CCOC(=O)Cc1nc(N(C)C2CC2)c2c3c(sc2n1)CCCC3. The number of hydrogen-bond acceptors (Lipinski definition) is 6. The molecule has 4 rings (SSSR count). The van der Waals surface area contributed by atoms with Crippen LogP contribution in [0.2, 0.25) is 0 Å². The minimum Gasteiger partial charge on any atom is -0.466 e. The second-order valence-electron chi connectivity index (χ2n) is 6.68. The zero-order chi connectivity index (χ0) is 16.7. The van der Waals surface area contributed by atoms with Gasteiger partial charge in [-0.05, 0) is 51.0 Å². The molecule has 0 spiro atoms. The molecule has 0 atom stereocenters. The molecule has 2 aliphatic carbocycles. The molecule has 2 heterocycles. The molecule has 2 aromatic heterocycles. The average Bonchev–Trinajstić information content (AvgIpc) is 3.34. The molecule has 6 heteroatoms. The molecule has 0 amide bonds. The van der Waals surface area contributed by atoms with E-state index in [1.165, 1.54) is 41.5 Å². The van der Waals surface area contributed by atoms with Gasteiger partial charge in [0.05, 0.1) is 12.0 Å². The lowest BCUT2D eigenvalue weighted by atomic mass is 9.97. The van der Waals surface area contributed by atoms with Crippen molar-refractivity contribution in [3.8, 4) is 0 Å². The lowest BCUT2D eigenvalue weighted by Crippen LogP contribution is -2.22. The number of esters is 1. The van der Waals surface area contributed by atoms with Gasteiger partial charge in [0.25, 0.3) is 0 Å². The van der Waals surface area contributed by atoms with E-state index in [0.29, 0.717) is 18.5 Å². The summed E-state index contributed by atoms with van der Waals surface area (Å²) >= 11 is 1.79. The number of rotatable bonds is 5. The fourth-order valence-electron chi connectivity index (χ4n) is 3.49. The van der Waals surface area contributed by atoms with Crippen LogP contribution in [0.3, 0.4) is 0 Å². The number of ether oxygens (including phenoxy) is 1. The molecule has 128 valence electrons. The van der Waals surface area contributed by atoms with E-state index in [2.05, 4.69) is 11.9 Å². The number of aromatic nitrogens is 2. The zero-order valence-corrected chi connectivity index (χ0v) is 15.1. The molecule has 0 N–H and O–H groups in total. The summed E-state index contributed by atoms with van der Waals surface area (Å²) in [6.45, 7) is 2.21. The van der Waals surface area contributed by atoms with E-state index in [0.717, 1.165) is 23.5 Å². The normalized spacial score (nSPS) is 16.9. The van der Waals surface area contributed by atoms with Crippen molar-refractivity contribution in [3.63, 3.8) is 0 Å². The van der Waals surface area contributed by atoms with Crippen LogP contribution in [0.1, 0.15) is 48.9 Å². The van der Waals surface area contributed by atoms with Crippen molar-refractivity contribution in [1.82, 2.24) is 9.97 Å². The number of thiophene rings is 1. The minimum absolute atomic E-state index is 0.151. The summed E-state index contributed by atoms with van der Waals surface area (Å²) in [5.41, 5.74) is 1.45. The minimum atomic E-state index is -0.252. The molecule has 1 fully saturated rings. The van der Waals surface area contributed by atoms with Crippen molar-refractivity contribution in [2.45, 2.75) is 57.9 Å². The van der Waals surface area contributed by atoms with Gasteiger partial charge in [0, 0.05) is 18.0 Å². The molecule has 24 heavy (non-hydrogen) atoms. The van der Waals surface area contributed by atoms with Gasteiger partial charge in [0.1, 0.15) is 22.9 Å². The van der Waals surface area contributed by atoms with Crippen molar-refractivity contribution < 1.29 is 9.53 Å². The Hall–Kier alpha value is -1.69. The largest absolute Gasteiger partial charge is 0.466 e. The molecule has 5 nitrogen and oxygen atoms in total. The van der Waals surface area contributed by atoms with Crippen molar-refractivity contribution in [2.75, 3.05) is 18.6 Å². The fraction of sp³-hybridized carbons (Fsp3) is 0.611.